The number of piperidine rings is 1. The Morgan fingerprint density at radius 2 is 1.94 bits per heavy atom. The van der Waals surface area contributed by atoms with Crippen molar-refractivity contribution in [3.8, 4) is 5.69 Å². The number of amides is 1. The fraction of sp³-hybridized carbons (Fsp3) is 0.462. The summed E-state index contributed by atoms with van der Waals surface area (Å²) in [5.74, 6) is 1.01. The Bertz CT molecular complexity index is 1050. The lowest BCUT2D eigenvalue weighted by molar-refractivity contribution is -0.137. The summed E-state index contributed by atoms with van der Waals surface area (Å²) in [6, 6.07) is 14.6. The minimum atomic E-state index is -0.249. The number of carbonyl (C=O) groups is 1. The standard InChI is InChI=1S/C26H33FN4O/c1-3-5-17-30(4-2)26(32)20-9-8-16-29(18-20)19-25-28-23-10-6-7-11-24(23)31(25)22-14-12-21(27)13-15-22/h6-7,10-15,20H,3-5,8-9,16-19H2,1-2H3/t20-/m0/s1. The van der Waals surface area contributed by atoms with Crippen molar-refractivity contribution < 1.29 is 9.18 Å². The SMILES string of the molecule is CCCCN(CC)C(=O)[C@H]1CCCN(Cc2nc3ccccc3n2-c2ccc(F)cc2)C1. The van der Waals surface area contributed by atoms with Crippen LogP contribution in [0.15, 0.2) is 48.5 Å². The highest BCUT2D eigenvalue weighted by atomic mass is 19.1. The van der Waals surface area contributed by atoms with E-state index < -0.39 is 0 Å². The van der Waals surface area contributed by atoms with E-state index in [0.29, 0.717) is 6.54 Å². The highest BCUT2D eigenvalue weighted by Crippen LogP contribution is 2.25. The predicted molar refractivity (Wildman–Crippen MR) is 126 cm³/mol. The monoisotopic (exact) mass is 436 g/mol. The predicted octanol–water partition coefficient (Wildman–Crippen LogP) is 5.03. The number of hydrogen-bond donors (Lipinski definition) is 0. The van der Waals surface area contributed by atoms with Crippen LogP contribution in [-0.2, 0) is 11.3 Å². The molecule has 1 atom stereocenters. The summed E-state index contributed by atoms with van der Waals surface area (Å²) in [6.45, 7) is 8.23. The normalized spacial score (nSPS) is 17.0. The molecule has 0 unspecified atom stereocenters. The summed E-state index contributed by atoms with van der Waals surface area (Å²) < 4.78 is 15.6. The van der Waals surface area contributed by atoms with Crippen molar-refractivity contribution in [1.29, 1.82) is 0 Å². The maximum absolute atomic E-state index is 13.5. The third kappa shape index (κ3) is 4.85. The van der Waals surface area contributed by atoms with Crippen LogP contribution in [0.5, 0.6) is 0 Å². The third-order valence-electron chi connectivity index (χ3n) is 6.41. The minimum absolute atomic E-state index is 0.0456. The molecule has 1 fully saturated rings. The van der Waals surface area contributed by atoms with Crippen LogP contribution >= 0.6 is 0 Å². The van der Waals surface area contributed by atoms with Crippen molar-refractivity contribution in [1.82, 2.24) is 19.4 Å². The van der Waals surface area contributed by atoms with Gasteiger partial charge >= 0.3 is 0 Å². The van der Waals surface area contributed by atoms with Crippen LogP contribution in [0.2, 0.25) is 0 Å². The number of unbranched alkanes of at least 4 members (excludes halogenated alkanes) is 1. The molecule has 0 saturated carbocycles. The highest BCUT2D eigenvalue weighted by molar-refractivity contribution is 5.79. The van der Waals surface area contributed by atoms with Gasteiger partial charge in [-0.1, -0.05) is 25.5 Å². The summed E-state index contributed by atoms with van der Waals surface area (Å²) in [6.07, 6.45) is 4.11. The zero-order valence-electron chi connectivity index (χ0n) is 19.1. The smallest absolute Gasteiger partial charge is 0.226 e. The maximum atomic E-state index is 13.5. The number of benzene rings is 2. The topological polar surface area (TPSA) is 41.4 Å². The third-order valence-corrected chi connectivity index (χ3v) is 6.41. The van der Waals surface area contributed by atoms with Crippen molar-refractivity contribution in [2.45, 2.75) is 46.1 Å². The quantitative estimate of drug-likeness (QED) is 0.498. The lowest BCUT2D eigenvalue weighted by Crippen LogP contribution is -2.45. The first-order chi connectivity index (χ1) is 15.6. The van der Waals surface area contributed by atoms with Crippen molar-refractivity contribution in [2.75, 3.05) is 26.2 Å². The van der Waals surface area contributed by atoms with Gasteiger partial charge in [-0.05, 0) is 69.1 Å². The van der Waals surface area contributed by atoms with Crippen LogP contribution in [-0.4, -0.2) is 51.4 Å². The number of rotatable bonds is 8. The average Bonchev–Trinajstić information content (AvgIpc) is 3.18. The summed E-state index contributed by atoms with van der Waals surface area (Å²) in [7, 11) is 0. The van der Waals surface area contributed by atoms with Crippen LogP contribution in [0, 0.1) is 11.7 Å². The lowest BCUT2D eigenvalue weighted by atomic mass is 9.96. The number of para-hydroxylation sites is 2. The Hall–Kier alpha value is -2.73. The summed E-state index contributed by atoms with van der Waals surface area (Å²) in [5.41, 5.74) is 2.83. The number of fused-ring (bicyclic) bond motifs is 1. The van der Waals surface area contributed by atoms with E-state index in [1.54, 1.807) is 12.1 Å². The molecular weight excluding hydrogens is 403 g/mol. The van der Waals surface area contributed by atoms with Crippen LogP contribution < -0.4 is 0 Å². The van der Waals surface area contributed by atoms with E-state index in [1.807, 2.05) is 29.2 Å². The molecular formula is C26H33FN4O. The molecule has 3 aromatic rings. The molecule has 1 amide bonds. The number of imidazole rings is 1. The van der Waals surface area contributed by atoms with Gasteiger partial charge in [0, 0.05) is 25.3 Å². The molecule has 0 radical (unpaired) electrons. The van der Waals surface area contributed by atoms with Gasteiger partial charge in [-0.3, -0.25) is 14.3 Å². The Balaban J connectivity index is 1.56. The first-order valence-electron chi connectivity index (χ1n) is 11.8. The van der Waals surface area contributed by atoms with Gasteiger partial charge in [0.2, 0.25) is 5.91 Å². The van der Waals surface area contributed by atoms with Crippen LogP contribution in [0.25, 0.3) is 16.7 Å². The minimum Gasteiger partial charge on any atom is -0.343 e. The van der Waals surface area contributed by atoms with Gasteiger partial charge in [0.1, 0.15) is 11.6 Å². The Labute approximate surface area is 189 Å². The highest BCUT2D eigenvalue weighted by Gasteiger charge is 2.29. The number of nitrogens with zero attached hydrogens (tertiary/aromatic N) is 4. The Kier molecular flexibility index (Phi) is 7.20. The molecule has 32 heavy (non-hydrogen) atoms. The first-order valence-corrected chi connectivity index (χ1v) is 11.8. The number of hydrogen-bond acceptors (Lipinski definition) is 3. The lowest BCUT2D eigenvalue weighted by Gasteiger charge is -2.34. The fourth-order valence-corrected chi connectivity index (χ4v) is 4.69. The second-order valence-electron chi connectivity index (χ2n) is 8.67. The number of aromatic nitrogens is 2. The summed E-state index contributed by atoms with van der Waals surface area (Å²) >= 11 is 0. The first kappa shape index (κ1) is 22.5. The fourth-order valence-electron chi connectivity index (χ4n) is 4.69. The largest absolute Gasteiger partial charge is 0.343 e. The molecule has 2 aromatic carbocycles. The van der Waals surface area contributed by atoms with Crippen molar-refractivity contribution >= 4 is 16.9 Å². The van der Waals surface area contributed by atoms with E-state index in [9.17, 15) is 9.18 Å². The molecule has 1 aromatic heterocycles. The van der Waals surface area contributed by atoms with Gasteiger partial charge in [0.15, 0.2) is 0 Å². The van der Waals surface area contributed by atoms with Crippen LogP contribution in [0.3, 0.4) is 0 Å². The second-order valence-corrected chi connectivity index (χ2v) is 8.67. The van der Waals surface area contributed by atoms with E-state index in [-0.39, 0.29) is 17.6 Å². The molecule has 5 nitrogen and oxygen atoms in total. The molecule has 170 valence electrons. The maximum Gasteiger partial charge on any atom is 0.226 e. The molecule has 4 rings (SSSR count). The summed E-state index contributed by atoms with van der Waals surface area (Å²) in [5, 5.41) is 0. The van der Waals surface area contributed by atoms with E-state index >= 15 is 0 Å². The van der Waals surface area contributed by atoms with Gasteiger partial charge < -0.3 is 4.90 Å². The van der Waals surface area contributed by atoms with Gasteiger partial charge in [-0.15, -0.1) is 0 Å². The van der Waals surface area contributed by atoms with Gasteiger partial charge in [-0.25, -0.2) is 9.37 Å². The molecule has 6 heteroatoms. The van der Waals surface area contributed by atoms with Gasteiger partial charge in [0.05, 0.1) is 23.5 Å². The molecule has 0 bridgehead atoms. The molecule has 1 aliphatic heterocycles. The number of halogens is 1. The van der Waals surface area contributed by atoms with Crippen molar-refractivity contribution in [3.05, 3.63) is 60.2 Å². The number of carbonyl (C=O) groups excluding carboxylic acids is 1. The van der Waals surface area contributed by atoms with Crippen molar-refractivity contribution in [2.24, 2.45) is 5.92 Å². The average molecular weight is 437 g/mol. The molecule has 0 N–H and O–H groups in total. The van der Waals surface area contributed by atoms with E-state index in [4.69, 9.17) is 4.98 Å². The van der Waals surface area contributed by atoms with E-state index in [2.05, 4.69) is 23.3 Å². The Morgan fingerprint density at radius 1 is 1.16 bits per heavy atom. The molecule has 0 aliphatic carbocycles. The second kappa shape index (κ2) is 10.3. The zero-order chi connectivity index (χ0) is 22.5. The Morgan fingerprint density at radius 3 is 2.69 bits per heavy atom. The summed E-state index contributed by atoms with van der Waals surface area (Å²) in [4.78, 5) is 22.4. The van der Waals surface area contributed by atoms with E-state index in [0.717, 1.165) is 74.4 Å². The van der Waals surface area contributed by atoms with Gasteiger partial charge in [-0.2, -0.15) is 0 Å². The zero-order valence-corrected chi connectivity index (χ0v) is 19.1. The van der Waals surface area contributed by atoms with Crippen LogP contribution in [0.1, 0.15) is 45.4 Å². The van der Waals surface area contributed by atoms with Gasteiger partial charge in [0.25, 0.3) is 0 Å². The van der Waals surface area contributed by atoms with Crippen LogP contribution in [0.4, 0.5) is 4.39 Å². The molecule has 1 saturated heterocycles. The molecule has 1 aliphatic rings. The number of likely N-dealkylation sites (tertiary alicyclic amines) is 1. The van der Waals surface area contributed by atoms with E-state index in [1.165, 1.54) is 12.1 Å². The molecule has 2 heterocycles. The molecule has 0 spiro atoms. The van der Waals surface area contributed by atoms with Crippen molar-refractivity contribution in [3.63, 3.8) is 0 Å².